The zero-order valence-corrected chi connectivity index (χ0v) is 15.1. The first-order chi connectivity index (χ1) is 13.2. The van der Waals surface area contributed by atoms with Crippen molar-refractivity contribution < 1.29 is 38.4 Å². The fraction of sp³-hybridized carbons (Fsp3) is 0.389. The third-order valence-corrected chi connectivity index (χ3v) is 4.04. The molecule has 2 aromatic rings. The van der Waals surface area contributed by atoms with Crippen molar-refractivity contribution in [3.63, 3.8) is 0 Å². The van der Waals surface area contributed by atoms with Crippen molar-refractivity contribution >= 4 is 28.5 Å². The molecule has 1 aromatic heterocycles. The van der Waals surface area contributed by atoms with Crippen LogP contribution in [-0.4, -0.2) is 53.3 Å². The minimum absolute atomic E-state index is 0.0136. The van der Waals surface area contributed by atoms with Gasteiger partial charge in [-0.1, -0.05) is 0 Å². The topological polar surface area (TPSA) is 145 Å². The predicted molar refractivity (Wildman–Crippen MR) is 94.7 cm³/mol. The van der Waals surface area contributed by atoms with E-state index >= 15 is 0 Å². The van der Waals surface area contributed by atoms with Crippen LogP contribution in [0.4, 0.5) is 5.69 Å². The number of aliphatic hydroxyl groups is 2. The van der Waals surface area contributed by atoms with Gasteiger partial charge in [0.1, 0.15) is 41.9 Å². The van der Waals surface area contributed by atoms with Crippen LogP contribution in [0.15, 0.2) is 33.5 Å². The van der Waals surface area contributed by atoms with E-state index in [0.717, 1.165) is 0 Å². The molecule has 10 heteroatoms. The highest BCUT2D eigenvalue weighted by atomic mass is 16.7. The maximum Gasteiger partial charge on any atom is 0.360 e. The van der Waals surface area contributed by atoms with Gasteiger partial charge >= 0.3 is 11.6 Å². The monoisotopic (exact) mass is 393 g/mol. The van der Waals surface area contributed by atoms with Crippen molar-refractivity contribution in [3.8, 4) is 5.75 Å². The molecule has 0 spiro atoms. The Kier molecular flexibility index (Phi) is 5.63. The van der Waals surface area contributed by atoms with E-state index in [2.05, 4.69) is 5.32 Å². The van der Waals surface area contributed by atoms with Gasteiger partial charge in [0.05, 0.1) is 0 Å². The van der Waals surface area contributed by atoms with Crippen molar-refractivity contribution in [2.24, 2.45) is 0 Å². The first-order valence-corrected chi connectivity index (χ1v) is 8.41. The summed E-state index contributed by atoms with van der Waals surface area (Å²) >= 11 is 0. The number of fused-ring (bicyclic) bond motifs is 1. The van der Waals surface area contributed by atoms with Crippen LogP contribution in [0.25, 0.3) is 11.0 Å². The van der Waals surface area contributed by atoms with Crippen LogP contribution in [0.1, 0.15) is 13.8 Å². The molecule has 1 saturated heterocycles. The van der Waals surface area contributed by atoms with E-state index in [1.165, 1.54) is 26.0 Å². The Bertz CT molecular complexity index is 954. The Morgan fingerprint density at radius 1 is 1.18 bits per heavy atom. The van der Waals surface area contributed by atoms with Gasteiger partial charge in [-0.15, -0.1) is 0 Å². The SMILES string of the molecule is CC(=O)Nc1cc2ccc(O[C@@H]3O[C@H](COC(C)=O)[C@H](O)C3O)cc2oc1=O. The summed E-state index contributed by atoms with van der Waals surface area (Å²) in [4.78, 5) is 33.9. The molecule has 1 amide bonds. The zero-order valence-electron chi connectivity index (χ0n) is 15.1. The molecule has 1 fully saturated rings. The molecule has 1 unspecified atom stereocenters. The van der Waals surface area contributed by atoms with Gasteiger partial charge in [0, 0.05) is 25.3 Å². The summed E-state index contributed by atoms with van der Waals surface area (Å²) in [5.41, 5.74) is -0.519. The third-order valence-electron chi connectivity index (χ3n) is 4.04. The molecular formula is C18H19NO9. The highest BCUT2D eigenvalue weighted by Crippen LogP contribution is 2.27. The fourth-order valence-corrected chi connectivity index (χ4v) is 2.72. The van der Waals surface area contributed by atoms with E-state index < -0.39 is 42.1 Å². The number of hydrogen-bond acceptors (Lipinski definition) is 9. The summed E-state index contributed by atoms with van der Waals surface area (Å²) < 4.78 is 20.9. The van der Waals surface area contributed by atoms with Crippen molar-refractivity contribution in [2.45, 2.75) is 38.4 Å². The Balaban J connectivity index is 1.76. The lowest BCUT2D eigenvalue weighted by molar-refractivity contribution is -0.151. The van der Waals surface area contributed by atoms with E-state index in [4.69, 9.17) is 18.6 Å². The molecule has 1 aliphatic rings. The molecule has 3 N–H and O–H groups in total. The van der Waals surface area contributed by atoms with Crippen molar-refractivity contribution in [1.82, 2.24) is 0 Å². The molecule has 2 heterocycles. The summed E-state index contributed by atoms with van der Waals surface area (Å²) in [6.45, 7) is 2.26. The Morgan fingerprint density at radius 3 is 2.61 bits per heavy atom. The number of ether oxygens (including phenoxy) is 3. The van der Waals surface area contributed by atoms with Crippen molar-refractivity contribution in [1.29, 1.82) is 0 Å². The number of aliphatic hydroxyl groups excluding tert-OH is 2. The highest BCUT2D eigenvalue weighted by Gasteiger charge is 2.44. The molecule has 0 radical (unpaired) electrons. The van der Waals surface area contributed by atoms with Gasteiger partial charge in [-0.3, -0.25) is 9.59 Å². The summed E-state index contributed by atoms with van der Waals surface area (Å²) in [5.74, 6) is -0.731. The molecular weight excluding hydrogens is 374 g/mol. The number of benzene rings is 1. The summed E-state index contributed by atoms with van der Waals surface area (Å²) in [6.07, 6.45) is -4.82. The van der Waals surface area contributed by atoms with Gasteiger partial charge in [0.2, 0.25) is 12.2 Å². The van der Waals surface area contributed by atoms with Crippen LogP contribution < -0.4 is 15.7 Å². The minimum atomic E-state index is -1.37. The zero-order chi connectivity index (χ0) is 20.4. The molecule has 150 valence electrons. The molecule has 1 aliphatic heterocycles. The molecule has 4 atom stereocenters. The smallest absolute Gasteiger partial charge is 0.360 e. The van der Waals surface area contributed by atoms with E-state index in [9.17, 15) is 24.6 Å². The van der Waals surface area contributed by atoms with Gasteiger partial charge in [-0.2, -0.15) is 0 Å². The average Bonchev–Trinajstić information content (AvgIpc) is 2.88. The van der Waals surface area contributed by atoms with Gasteiger partial charge in [0.15, 0.2) is 0 Å². The molecule has 1 aromatic carbocycles. The molecule has 10 nitrogen and oxygen atoms in total. The number of rotatable bonds is 5. The number of hydrogen-bond donors (Lipinski definition) is 3. The molecule has 0 saturated carbocycles. The lowest BCUT2D eigenvalue weighted by Crippen LogP contribution is -2.36. The van der Waals surface area contributed by atoms with Gasteiger partial charge in [-0.05, 0) is 18.2 Å². The Hall–Kier alpha value is -2.95. The maximum atomic E-state index is 11.9. The van der Waals surface area contributed by atoms with Crippen LogP contribution in [0, 0.1) is 0 Å². The highest BCUT2D eigenvalue weighted by molar-refractivity contribution is 5.91. The molecule has 3 rings (SSSR count). The first kappa shape index (κ1) is 19.8. The maximum absolute atomic E-state index is 11.9. The third kappa shape index (κ3) is 4.30. The number of carbonyl (C=O) groups excluding carboxylic acids is 2. The predicted octanol–water partition coefficient (Wildman–Crippen LogP) is 0.140. The Morgan fingerprint density at radius 2 is 1.93 bits per heavy atom. The van der Waals surface area contributed by atoms with Crippen LogP contribution in [-0.2, 0) is 19.1 Å². The lowest BCUT2D eigenvalue weighted by Gasteiger charge is -2.17. The fourth-order valence-electron chi connectivity index (χ4n) is 2.72. The van der Waals surface area contributed by atoms with Crippen LogP contribution in [0.5, 0.6) is 5.75 Å². The molecule has 0 aliphatic carbocycles. The summed E-state index contributed by atoms with van der Waals surface area (Å²) in [6, 6.07) is 6.01. The van der Waals surface area contributed by atoms with E-state index in [0.29, 0.717) is 5.39 Å². The largest absolute Gasteiger partial charge is 0.463 e. The first-order valence-electron chi connectivity index (χ1n) is 8.41. The summed E-state index contributed by atoms with van der Waals surface area (Å²) in [5, 5.41) is 23.0. The van der Waals surface area contributed by atoms with Crippen molar-refractivity contribution in [3.05, 3.63) is 34.7 Å². The minimum Gasteiger partial charge on any atom is -0.463 e. The second-order valence-electron chi connectivity index (χ2n) is 6.27. The quantitative estimate of drug-likeness (QED) is 0.477. The number of nitrogens with one attached hydrogen (secondary N) is 1. The molecule has 0 bridgehead atoms. The van der Waals surface area contributed by atoms with E-state index in [1.807, 2.05) is 0 Å². The number of carbonyl (C=O) groups is 2. The second kappa shape index (κ2) is 7.97. The Labute approximate surface area is 158 Å². The molecule has 28 heavy (non-hydrogen) atoms. The van der Waals surface area contributed by atoms with Crippen LogP contribution in [0.3, 0.4) is 0 Å². The average molecular weight is 393 g/mol. The van der Waals surface area contributed by atoms with Gasteiger partial charge < -0.3 is 34.2 Å². The standard InChI is InChI=1S/C18H19NO9/c1-8(20)19-12-5-10-3-4-11(6-13(10)27-17(12)24)26-18-16(23)15(22)14(28-18)7-25-9(2)21/h3-6,14-16,18,22-23H,7H2,1-2H3,(H,19,20)/t14-,15+,16?,18-/m1/s1. The number of anilines is 1. The normalized spacial score (nSPS) is 24.1. The van der Waals surface area contributed by atoms with Crippen LogP contribution >= 0.6 is 0 Å². The van der Waals surface area contributed by atoms with Gasteiger partial charge in [-0.25, -0.2) is 4.79 Å². The van der Waals surface area contributed by atoms with Gasteiger partial charge in [0.25, 0.3) is 0 Å². The number of amides is 1. The number of esters is 1. The second-order valence-corrected chi connectivity index (χ2v) is 6.27. The lowest BCUT2D eigenvalue weighted by atomic mass is 10.1. The van der Waals surface area contributed by atoms with E-state index in [-0.39, 0.29) is 23.6 Å². The summed E-state index contributed by atoms with van der Waals surface area (Å²) in [7, 11) is 0. The van der Waals surface area contributed by atoms with E-state index in [1.54, 1.807) is 12.1 Å². The van der Waals surface area contributed by atoms with Crippen molar-refractivity contribution in [2.75, 3.05) is 11.9 Å². The van der Waals surface area contributed by atoms with Crippen LogP contribution in [0.2, 0.25) is 0 Å².